The Morgan fingerprint density at radius 2 is 1.90 bits per heavy atom. The van der Waals surface area contributed by atoms with Crippen molar-refractivity contribution >= 4 is 17.4 Å². The van der Waals surface area contributed by atoms with Crippen LogP contribution in [0.2, 0.25) is 0 Å². The van der Waals surface area contributed by atoms with Crippen molar-refractivity contribution < 1.29 is 0 Å². The van der Waals surface area contributed by atoms with Crippen LogP contribution in [0.1, 0.15) is 17.2 Å². The number of rotatable bonds is 1. The number of hydrazine groups is 1. The van der Waals surface area contributed by atoms with Gasteiger partial charge in [-0.15, -0.1) is 11.8 Å². The zero-order valence-electron chi connectivity index (χ0n) is 11.5. The van der Waals surface area contributed by atoms with Crippen LogP contribution < -0.4 is 10.4 Å². The predicted molar refractivity (Wildman–Crippen MR) is 85.1 cm³/mol. The molecule has 0 bridgehead atoms. The van der Waals surface area contributed by atoms with Gasteiger partial charge in [0.05, 0.1) is 11.7 Å². The molecular weight excluding hydrogens is 264 g/mol. The van der Waals surface area contributed by atoms with Gasteiger partial charge >= 0.3 is 0 Å². The molecule has 1 fully saturated rings. The van der Waals surface area contributed by atoms with E-state index in [1.807, 2.05) is 11.8 Å². The Labute approximate surface area is 124 Å². The Kier molecular flexibility index (Phi) is 2.97. The molecule has 1 saturated heterocycles. The van der Waals surface area contributed by atoms with E-state index < -0.39 is 0 Å². The molecule has 0 saturated carbocycles. The van der Waals surface area contributed by atoms with Gasteiger partial charge in [-0.25, -0.2) is 5.43 Å². The summed E-state index contributed by atoms with van der Waals surface area (Å²) in [5.41, 5.74) is 7.75. The van der Waals surface area contributed by atoms with Crippen LogP contribution >= 0.6 is 11.8 Å². The highest BCUT2D eigenvalue weighted by molar-refractivity contribution is 7.99. The fraction of sp³-hybridized carbons (Fsp3) is 0.294. The van der Waals surface area contributed by atoms with Gasteiger partial charge in [0.25, 0.3) is 0 Å². The summed E-state index contributed by atoms with van der Waals surface area (Å²) in [5, 5.41) is 2.32. The van der Waals surface area contributed by atoms with Crippen molar-refractivity contribution in [2.75, 3.05) is 17.3 Å². The fourth-order valence-electron chi connectivity index (χ4n) is 3.11. The molecule has 0 spiro atoms. The molecule has 2 heterocycles. The lowest BCUT2D eigenvalue weighted by molar-refractivity contribution is 0.507. The number of aryl methyl sites for hydroxylation is 1. The van der Waals surface area contributed by atoms with Crippen molar-refractivity contribution in [1.82, 2.24) is 5.43 Å². The largest absolute Gasteiger partial charge is 0.307 e. The number of fused-ring (bicyclic) bond motifs is 3. The molecule has 2 atom stereocenters. The van der Waals surface area contributed by atoms with Gasteiger partial charge in [-0.3, -0.25) is 0 Å². The van der Waals surface area contributed by atoms with E-state index >= 15 is 0 Å². The van der Waals surface area contributed by atoms with Crippen LogP contribution in [-0.4, -0.2) is 12.3 Å². The Balaban J connectivity index is 1.63. The van der Waals surface area contributed by atoms with E-state index in [1.165, 1.54) is 27.5 Å². The number of hydrogen-bond donors (Lipinski definition) is 1. The number of benzene rings is 2. The van der Waals surface area contributed by atoms with E-state index in [9.17, 15) is 0 Å². The van der Waals surface area contributed by atoms with Crippen LogP contribution in [-0.2, 0) is 0 Å². The monoisotopic (exact) mass is 282 g/mol. The third-order valence-electron chi connectivity index (χ3n) is 4.24. The summed E-state index contributed by atoms with van der Waals surface area (Å²) in [6.07, 6.45) is 0. The first-order chi connectivity index (χ1) is 9.81. The minimum atomic E-state index is 0.466. The zero-order valence-corrected chi connectivity index (χ0v) is 12.4. The van der Waals surface area contributed by atoms with Crippen LogP contribution in [0.15, 0.2) is 53.4 Å². The summed E-state index contributed by atoms with van der Waals surface area (Å²) in [6.45, 7) is 3.23. The second-order valence-electron chi connectivity index (χ2n) is 5.66. The number of nitrogens with zero attached hydrogens (tertiary/aromatic N) is 1. The van der Waals surface area contributed by atoms with Gasteiger partial charge < -0.3 is 5.01 Å². The minimum Gasteiger partial charge on any atom is -0.307 e. The molecule has 2 aromatic rings. The Bertz CT molecular complexity index is 623. The van der Waals surface area contributed by atoms with Gasteiger partial charge in [0, 0.05) is 23.1 Å². The quantitative estimate of drug-likeness (QED) is 0.857. The maximum Gasteiger partial charge on any atom is 0.0576 e. The van der Waals surface area contributed by atoms with Gasteiger partial charge in [0.1, 0.15) is 0 Å². The van der Waals surface area contributed by atoms with Crippen molar-refractivity contribution in [2.24, 2.45) is 5.92 Å². The molecule has 2 aromatic carbocycles. The van der Waals surface area contributed by atoms with E-state index in [0.717, 1.165) is 6.54 Å². The molecule has 0 aromatic heterocycles. The normalized spacial score (nSPS) is 24.4. The molecule has 0 amide bonds. The van der Waals surface area contributed by atoms with E-state index in [4.69, 9.17) is 0 Å². The van der Waals surface area contributed by atoms with Crippen LogP contribution in [0.5, 0.6) is 0 Å². The summed E-state index contributed by atoms with van der Waals surface area (Å²) in [7, 11) is 0. The lowest BCUT2D eigenvalue weighted by Gasteiger charge is -2.26. The summed E-state index contributed by atoms with van der Waals surface area (Å²) >= 11 is 2.00. The molecule has 0 radical (unpaired) electrons. The molecule has 2 nitrogen and oxygen atoms in total. The molecular formula is C17H18N2S. The average molecular weight is 282 g/mol. The number of thioether (sulfide) groups is 1. The third kappa shape index (κ3) is 2.02. The Morgan fingerprint density at radius 3 is 2.75 bits per heavy atom. The molecule has 102 valence electrons. The van der Waals surface area contributed by atoms with Gasteiger partial charge in [0.15, 0.2) is 0 Å². The minimum absolute atomic E-state index is 0.466. The predicted octanol–water partition coefficient (Wildman–Crippen LogP) is 3.78. The first kappa shape index (κ1) is 12.3. The second kappa shape index (κ2) is 4.83. The van der Waals surface area contributed by atoms with Crippen molar-refractivity contribution in [3.05, 3.63) is 59.7 Å². The summed E-state index contributed by atoms with van der Waals surface area (Å²) in [4.78, 5) is 1.44. The number of hydrogen-bond acceptors (Lipinski definition) is 3. The van der Waals surface area contributed by atoms with Crippen LogP contribution in [0.3, 0.4) is 0 Å². The average Bonchev–Trinajstić information content (AvgIpc) is 2.92. The zero-order chi connectivity index (χ0) is 13.5. The lowest BCUT2D eigenvalue weighted by atomic mass is 9.96. The highest BCUT2D eigenvalue weighted by Gasteiger charge is 2.37. The molecule has 4 rings (SSSR count). The van der Waals surface area contributed by atoms with E-state index in [1.54, 1.807) is 0 Å². The van der Waals surface area contributed by atoms with E-state index in [0.29, 0.717) is 12.0 Å². The number of anilines is 1. The van der Waals surface area contributed by atoms with Crippen LogP contribution in [0, 0.1) is 12.8 Å². The highest BCUT2D eigenvalue weighted by atomic mass is 32.2. The van der Waals surface area contributed by atoms with Gasteiger partial charge in [0.2, 0.25) is 0 Å². The van der Waals surface area contributed by atoms with Crippen LogP contribution in [0.25, 0.3) is 0 Å². The standard InChI is InChI=1S/C17H18N2S/c1-12-6-8-14(9-7-12)19-10-13-11-20-16-5-3-2-4-15(16)17(13)18-19/h2-9,13,17-18H,10-11H2,1H3. The summed E-state index contributed by atoms with van der Waals surface area (Å²) in [6, 6.07) is 18.0. The van der Waals surface area contributed by atoms with Gasteiger partial charge in [-0.05, 0) is 30.7 Å². The maximum atomic E-state index is 3.70. The topological polar surface area (TPSA) is 15.3 Å². The SMILES string of the molecule is Cc1ccc(N2CC3CSc4ccccc4C3N2)cc1. The number of nitrogens with one attached hydrogen (secondary N) is 1. The molecule has 0 aliphatic carbocycles. The lowest BCUT2D eigenvalue weighted by Crippen LogP contribution is -2.32. The molecule has 2 aliphatic rings. The summed E-state index contributed by atoms with van der Waals surface area (Å²) in [5.74, 6) is 1.90. The van der Waals surface area contributed by atoms with Crippen molar-refractivity contribution in [2.45, 2.75) is 17.9 Å². The van der Waals surface area contributed by atoms with Gasteiger partial charge in [-0.1, -0.05) is 35.9 Å². The van der Waals surface area contributed by atoms with Crippen LogP contribution in [0.4, 0.5) is 5.69 Å². The molecule has 3 heteroatoms. The first-order valence-corrected chi connectivity index (χ1v) is 8.12. The maximum absolute atomic E-state index is 3.70. The van der Waals surface area contributed by atoms with Crippen molar-refractivity contribution in [3.63, 3.8) is 0 Å². The van der Waals surface area contributed by atoms with Gasteiger partial charge in [-0.2, -0.15) is 0 Å². The smallest absolute Gasteiger partial charge is 0.0576 e. The second-order valence-corrected chi connectivity index (χ2v) is 6.72. The molecule has 2 aliphatic heterocycles. The fourth-order valence-corrected chi connectivity index (χ4v) is 4.34. The van der Waals surface area contributed by atoms with E-state index in [2.05, 4.69) is 65.9 Å². The first-order valence-electron chi connectivity index (χ1n) is 7.13. The van der Waals surface area contributed by atoms with Crippen molar-refractivity contribution in [1.29, 1.82) is 0 Å². The molecule has 20 heavy (non-hydrogen) atoms. The Morgan fingerprint density at radius 1 is 1.10 bits per heavy atom. The molecule has 2 unspecified atom stereocenters. The Hall–Kier alpha value is -1.45. The summed E-state index contributed by atoms with van der Waals surface area (Å²) < 4.78 is 0. The highest BCUT2D eigenvalue weighted by Crippen LogP contribution is 2.43. The molecule has 1 N–H and O–H groups in total. The van der Waals surface area contributed by atoms with Crippen molar-refractivity contribution in [3.8, 4) is 0 Å². The van der Waals surface area contributed by atoms with E-state index in [-0.39, 0.29) is 0 Å². The third-order valence-corrected chi connectivity index (χ3v) is 5.51.